The van der Waals surface area contributed by atoms with Crippen molar-refractivity contribution in [2.24, 2.45) is 0 Å². The molecule has 1 aromatic carbocycles. The van der Waals surface area contributed by atoms with Crippen molar-refractivity contribution in [3.05, 3.63) is 30.3 Å². The van der Waals surface area contributed by atoms with Gasteiger partial charge in [0.1, 0.15) is 0 Å². The highest BCUT2D eigenvalue weighted by molar-refractivity contribution is 7.47. The number of hydrogen-bond acceptors (Lipinski definition) is 2. The quantitative estimate of drug-likeness (QED) is 0.646. The van der Waals surface area contributed by atoms with Gasteiger partial charge in [-0.05, 0) is 46.8 Å². The zero-order chi connectivity index (χ0) is 13.8. The average Bonchev–Trinajstić information content (AvgIpc) is 2.13. The number of hydrogen-bond donors (Lipinski definition) is 2. The molecule has 102 valence electrons. The third-order valence-electron chi connectivity index (χ3n) is 2.24. The smallest absolute Gasteiger partial charge is 0.0794 e. The van der Waals surface area contributed by atoms with E-state index >= 15 is 0 Å². The molecule has 1 unspecified atom stereocenters. The van der Waals surface area contributed by atoms with Crippen LogP contribution in [0, 0.1) is 0 Å². The van der Waals surface area contributed by atoms with Gasteiger partial charge in [-0.2, -0.15) is 0 Å². The molecule has 2 nitrogen and oxygen atoms in total. The number of nitrogens with one attached hydrogen (secondary N) is 2. The van der Waals surface area contributed by atoms with Gasteiger partial charge in [-0.3, -0.25) is 10.6 Å². The van der Waals surface area contributed by atoms with Gasteiger partial charge < -0.3 is 0 Å². The molecule has 0 amide bonds. The van der Waals surface area contributed by atoms with Gasteiger partial charge in [-0.1, -0.05) is 38.9 Å². The van der Waals surface area contributed by atoms with E-state index in [1.54, 1.807) is 0 Å². The van der Waals surface area contributed by atoms with Gasteiger partial charge in [0, 0.05) is 11.1 Å². The SMILES string of the molecule is CC(C)(C)NC(NC(C)(C)C)Pc1ccccc1. The summed E-state index contributed by atoms with van der Waals surface area (Å²) in [6, 6.07) is 10.7. The Hall–Kier alpha value is -0.430. The summed E-state index contributed by atoms with van der Waals surface area (Å²) in [6.07, 6.45) is 0. The van der Waals surface area contributed by atoms with Crippen LogP contribution in [0.5, 0.6) is 0 Å². The van der Waals surface area contributed by atoms with Crippen molar-refractivity contribution < 1.29 is 0 Å². The summed E-state index contributed by atoms with van der Waals surface area (Å²) in [5.74, 6) is 0.312. The monoisotopic (exact) mass is 266 g/mol. The predicted octanol–water partition coefficient (Wildman–Crippen LogP) is 3.05. The lowest BCUT2D eigenvalue weighted by Gasteiger charge is -2.34. The van der Waals surface area contributed by atoms with Crippen LogP contribution >= 0.6 is 8.58 Å². The van der Waals surface area contributed by atoms with E-state index in [1.165, 1.54) is 5.30 Å². The summed E-state index contributed by atoms with van der Waals surface area (Å²) in [5.41, 5.74) is 0.232. The van der Waals surface area contributed by atoms with Crippen LogP contribution in [-0.2, 0) is 0 Å². The Bertz CT molecular complexity index is 333. The van der Waals surface area contributed by atoms with E-state index in [9.17, 15) is 0 Å². The van der Waals surface area contributed by atoms with Crippen molar-refractivity contribution in [2.75, 3.05) is 0 Å². The molecule has 0 radical (unpaired) electrons. The van der Waals surface area contributed by atoms with Crippen molar-refractivity contribution >= 4 is 13.9 Å². The standard InChI is InChI=1S/C15H27N2P/c1-14(2,3)16-13(17-15(4,5)6)18-12-10-8-7-9-11-12/h7-11,13,16-18H,1-6H3. The van der Waals surface area contributed by atoms with E-state index < -0.39 is 0 Å². The molecule has 3 heteroatoms. The Morgan fingerprint density at radius 2 is 1.28 bits per heavy atom. The van der Waals surface area contributed by atoms with Crippen LogP contribution in [0.2, 0.25) is 0 Å². The van der Waals surface area contributed by atoms with Crippen molar-refractivity contribution in [3.8, 4) is 0 Å². The van der Waals surface area contributed by atoms with Crippen LogP contribution in [0.1, 0.15) is 41.5 Å². The third-order valence-corrected chi connectivity index (χ3v) is 3.48. The lowest BCUT2D eigenvalue weighted by molar-refractivity contribution is 0.322. The van der Waals surface area contributed by atoms with Crippen LogP contribution in [-0.4, -0.2) is 17.0 Å². The Morgan fingerprint density at radius 3 is 1.67 bits per heavy atom. The summed E-state index contributed by atoms with van der Waals surface area (Å²) in [6.45, 7) is 13.2. The van der Waals surface area contributed by atoms with E-state index in [4.69, 9.17) is 0 Å². The Labute approximate surface area is 114 Å². The van der Waals surface area contributed by atoms with Crippen LogP contribution < -0.4 is 15.9 Å². The molecule has 0 fully saturated rings. The maximum absolute atomic E-state index is 3.66. The van der Waals surface area contributed by atoms with E-state index in [0.717, 1.165) is 8.58 Å². The first-order valence-corrected chi connectivity index (χ1v) is 7.60. The minimum absolute atomic E-state index is 0.116. The van der Waals surface area contributed by atoms with Crippen LogP contribution in [0.3, 0.4) is 0 Å². The molecule has 0 aliphatic carbocycles. The fourth-order valence-corrected chi connectivity index (χ4v) is 3.40. The van der Waals surface area contributed by atoms with Crippen molar-refractivity contribution in [1.82, 2.24) is 10.6 Å². The minimum Gasteiger partial charge on any atom is -0.294 e. The molecule has 0 saturated carbocycles. The Kier molecular flexibility index (Phi) is 5.33. The lowest BCUT2D eigenvalue weighted by Crippen LogP contribution is -2.54. The molecule has 1 atom stereocenters. The van der Waals surface area contributed by atoms with Crippen molar-refractivity contribution in [1.29, 1.82) is 0 Å². The maximum atomic E-state index is 3.66. The molecule has 1 aromatic rings. The average molecular weight is 266 g/mol. The largest absolute Gasteiger partial charge is 0.294 e. The van der Waals surface area contributed by atoms with Gasteiger partial charge in [0.05, 0.1) is 5.91 Å². The van der Waals surface area contributed by atoms with Crippen molar-refractivity contribution in [3.63, 3.8) is 0 Å². The minimum atomic E-state index is 0.116. The summed E-state index contributed by atoms with van der Waals surface area (Å²) in [4.78, 5) is 0. The van der Waals surface area contributed by atoms with Gasteiger partial charge in [0.2, 0.25) is 0 Å². The molecular formula is C15H27N2P. The summed E-state index contributed by atoms with van der Waals surface area (Å²) in [7, 11) is 0.720. The van der Waals surface area contributed by atoms with E-state index in [0.29, 0.717) is 5.91 Å². The molecule has 18 heavy (non-hydrogen) atoms. The van der Waals surface area contributed by atoms with Crippen LogP contribution in [0.25, 0.3) is 0 Å². The maximum Gasteiger partial charge on any atom is 0.0794 e. The molecule has 1 rings (SSSR count). The zero-order valence-corrected chi connectivity index (χ0v) is 13.5. The molecule has 0 aliphatic rings. The molecule has 0 aliphatic heterocycles. The van der Waals surface area contributed by atoms with Gasteiger partial charge in [-0.25, -0.2) is 0 Å². The zero-order valence-electron chi connectivity index (χ0n) is 12.5. The van der Waals surface area contributed by atoms with Gasteiger partial charge in [0.15, 0.2) is 0 Å². The second-order valence-electron chi connectivity index (χ2n) is 6.73. The topological polar surface area (TPSA) is 24.1 Å². The van der Waals surface area contributed by atoms with Crippen LogP contribution in [0.4, 0.5) is 0 Å². The Morgan fingerprint density at radius 1 is 0.833 bits per heavy atom. The first-order chi connectivity index (χ1) is 8.16. The molecule has 2 N–H and O–H groups in total. The molecule has 0 spiro atoms. The normalized spacial score (nSPS) is 13.7. The second-order valence-corrected chi connectivity index (χ2v) is 8.18. The Balaban J connectivity index is 2.72. The van der Waals surface area contributed by atoms with Crippen molar-refractivity contribution in [2.45, 2.75) is 58.5 Å². The fourth-order valence-electron chi connectivity index (χ4n) is 1.68. The molecule has 0 heterocycles. The number of benzene rings is 1. The van der Waals surface area contributed by atoms with E-state index in [-0.39, 0.29) is 11.1 Å². The molecule has 0 saturated heterocycles. The van der Waals surface area contributed by atoms with E-state index in [2.05, 4.69) is 82.5 Å². The summed E-state index contributed by atoms with van der Waals surface area (Å²) in [5, 5.41) is 8.71. The highest BCUT2D eigenvalue weighted by Crippen LogP contribution is 2.19. The van der Waals surface area contributed by atoms with Gasteiger partial charge >= 0.3 is 0 Å². The first kappa shape index (κ1) is 15.6. The molecule has 0 bridgehead atoms. The van der Waals surface area contributed by atoms with Gasteiger partial charge in [-0.15, -0.1) is 0 Å². The summed E-state index contributed by atoms with van der Waals surface area (Å²) >= 11 is 0. The predicted molar refractivity (Wildman–Crippen MR) is 84.0 cm³/mol. The highest BCUT2D eigenvalue weighted by atomic mass is 31.1. The second kappa shape index (κ2) is 6.14. The van der Waals surface area contributed by atoms with E-state index in [1.807, 2.05) is 0 Å². The fraction of sp³-hybridized carbons (Fsp3) is 0.600. The first-order valence-electron chi connectivity index (χ1n) is 6.53. The lowest BCUT2D eigenvalue weighted by atomic mass is 10.1. The van der Waals surface area contributed by atoms with Crippen LogP contribution in [0.15, 0.2) is 30.3 Å². The highest BCUT2D eigenvalue weighted by Gasteiger charge is 2.21. The molecule has 0 aromatic heterocycles. The molecular weight excluding hydrogens is 239 g/mol. The summed E-state index contributed by atoms with van der Waals surface area (Å²) < 4.78 is 0. The number of rotatable bonds is 4. The van der Waals surface area contributed by atoms with Gasteiger partial charge in [0.25, 0.3) is 0 Å². The third kappa shape index (κ3) is 7.10.